The summed E-state index contributed by atoms with van der Waals surface area (Å²) >= 11 is 0. The van der Waals surface area contributed by atoms with Crippen LogP contribution >= 0.6 is 0 Å². The number of aromatic amines is 1. The molecular formula is C16H16F3N3O3. The summed E-state index contributed by atoms with van der Waals surface area (Å²) in [5.74, 6) is -1.06. The second kappa shape index (κ2) is 7.82. The number of H-pyrrole nitrogens is 1. The van der Waals surface area contributed by atoms with Crippen molar-refractivity contribution in [2.24, 2.45) is 0 Å². The molecule has 1 amide bonds. The first-order valence-electron chi connectivity index (χ1n) is 7.34. The number of nitrogens with one attached hydrogen (secondary N) is 1. The van der Waals surface area contributed by atoms with Crippen molar-refractivity contribution in [2.45, 2.75) is 12.6 Å². The Balaban J connectivity index is 1.81. The predicted octanol–water partition coefficient (Wildman–Crippen LogP) is 2.29. The fraction of sp³-hybridized carbons (Fsp3) is 0.312. The van der Waals surface area contributed by atoms with Gasteiger partial charge in [0.1, 0.15) is 12.2 Å². The van der Waals surface area contributed by atoms with E-state index in [9.17, 15) is 22.8 Å². The van der Waals surface area contributed by atoms with E-state index in [-0.39, 0.29) is 31.0 Å². The lowest BCUT2D eigenvalue weighted by atomic mass is 10.2. The van der Waals surface area contributed by atoms with Gasteiger partial charge < -0.3 is 9.64 Å². The molecule has 0 atom stereocenters. The molecule has 0 fully saturated rings. The van der Waals surface area contributed by atoms with Gasteiger partial charge in [0.15, 0.2) is 0 Å². The van der Waals surface area contributed by atoms with Gasteiger partial charge in [-0.2, -0.15) is 18.3 Å². The highest BCUT2D eigenvalue weighted by molar-refractivity contribution is 5.95. The molecule has 2 rings (SSSR count). The van der Waals surface area contributed by atoms with Gasteiger partial charge in [0.05, 0.1) is 12.8 Å². The number of likely N-dealkylation sites (N-methyl/N-ethyl adjacent to an activating group) is 1. The molecule has 0 radical (unpaired) electrons. The minimum atomic E-state index is -4.54. The topological polar surface area (TPSA) is 75.3 Å². The predicted molar refractivity (Wildman–Crippen MR) is 81.7 cm³/mol. The van der Waals surface area contributed by atoms with E-state index < -0.39 is 17.8 Å². The molecule has 0 aliphatic rings. The molecule has 0 unspecified atom stereocenters. The summed E-state index contributed by atoms with van der Waals surface area (Å²) in [6.45, 7) is -0.542. The number of ether oxygens (including phenoxy) is 1. The largest absolute Gasteiger partial charge is 0.464 e. The van der Waals surface area contributed by atoms with Gasteiger partial charge >= 0.3 is 12.1 Å². The van der Waals surface area contributed by atoms with E-state index in [1.54, 1.807) is 30.3 Å². The SMILES string of the molecule is CN(CC(=O)OCCc1cn[nH]c1C(F)(F)F)C(=O)c1ccccc1. The van der Waals surface area contributed by atoms with E-state index in [2.05, 4.69) is 5.10 Å². The summed E-state index contributed by atoms with van der Waals surface area (Å²) in [4.78, 5) is 25.0. The van der Waals surface area contributed by atoms with Crippen LogP contribution in [0.15, 0.2) is 36.5 Å². The number of alkyl halides is 3. The Morgan fingerprint density at radius 1 is 1.24 bits per heavy atom. The van der Waals surface area contributed by atoms with Crippen molar-refractivity contribution >= 4 is 11.9 Å². The van der Waals surface area contributed by atoms with Crippen LogP contribution < -0.4 is 0 Å². The molecule has 2 aromatic rings. The molecule has 134 valence electrons. The molecule has 1 aromatic heterocycles. The van der Waals surface area contributed by atoms with Gasteiger partial charge in [-0.05, 0) is 12.1 Å². The van der Waals surface area contributed by atoms with Crippen LogP contribution in [0, 0.1) is 0 Å². The van der Waals surface area contributed by atoms with E-state index >= 15 is 0 Å². The zero-order valence-electron chi connectivity index (χ0n) is 13.3. The summed E-state index contributed by atoms with van der Waals surface area (Å²) in [5.41, 5.74) is -0.625. The van der Waals surface area contributed by atoms with Crippen molar-refractivity contribution in [3.8, 4) is 0 Å². The van der Waals surface area contributed by atoms with Crippen LogP contribution in [0.25, 0.3) is 0 Å². The zero-order valence-corrected chi connectivity index (χ0v) is 13.3. The minimum absolute atomic E-state index is 0.0889. The number of esters is 1. The van der Waals surface area contributed by atoms with Gasteiger partial charge in [-0.3, -0.25) is 14.7 Å². The number of benzene rings is 1. The Bertz CT molecular complexity index is 729. The maximum Gasteiger partial charge on any atom is 0.433 e. The maximum absolute atomic E-state index is 12.7. The first-order chi connectivity index (χ1) is 11.8. The number of amides is 1. The molecule has 1 N–H and O–H groups in total. The number of halogens is 3. The minimum Gasteiger partial charge on any atom is -0.464 e. The molecule has 0 bridgehead atoms. The van der Waals surface area contributed by atoms with Crippen LogP contribution in [0.5, 0.6) is 0 Å². The van der Waals surface area contributed by atoms with E-state index in [0.717, 1.165) is 6.20 Å². The molecule has 9 heteroatoms. The average molecular weight is 355 g/mol. The van der Waals surface area contributed by atoms with E-state index in [1.807, 2.05) is 5.10 Å². The fourth-order valence-electron chi connectivity index (χ4n) is 2.13. The van der Waals surface area contributed by atoms with E-state index in [4.69, 9.17) is 4.74 Å². The smallest absolute Gasteiger partial charge is 0.433 e. The third-order valence-electron chi connectivity index (χ3n) is 3.37. The van der Waals surface area contributed by atoms with Gasteiger partial charge in [-0.25, -0.2) is 0 Å². The molecule has 0 spiro atoms. The van der Waals surface area contributed by atoms with Gasteiger partial charge in [-0.15, -0.1) is 0 Å². The lowest BCUT2D eigenvalue weighted by Gasteiger charge is -2.16. The number of carbonyl (C=O) groups excluding carboxylic acids is 2. The van der Waals surface area contributed by atoms with Crippen molar-refractivity contribution in [2.75, 3.05) is 20.2 Å². The van der Waals surface area contributed by atoms with E-state index in [1.165, 1.54) is 11.9 Å². The first-order valence-corrected chi connectivity index (χ1v) is 7.34. The fourth-order valence-corrected chi connectivity index (χ4v) is 2.13. The maximum atomic E-state index is 12.7. The molecule has 1 heterocycles. The molecule has 6 nitrogen and oxygen atoms in total. The molecule has 0 aliphatic heterocycles. The molecule has 0 saturated carbocycles. The van der Waals surface area contributed by atoms with Crippen molar-refractivity contribution < 1.29 is 27.5 Å². The van der Waals surface area contributed by atoms with Crippen molar-refractivity contribution in [1.29, 1.82) is 0 Å². The number of hydrogen-bond donors (Lipinski definition) is 1. The van der Waals surface area contributed by atoms with Crippen LogP contribution in [0.2, 0.25) is 0 Å². The third-order valence-corrected chi connectivity index (χ3v) is 3.37. The van der Waals surface area contributed by atoms with Crippen LogP contribution in [0.1, 0.15) is 21.6 Å². The Morgan fingerprint density at radius 2 is 1.92 bits per heavy atom. The lowest BCUT2D eigenvalue weighted by molar-refractivity contribution is -0.144. The molecule has 0 saturated heterocycles. The quantitative estimate of drug-likeness (QED) is 0.807. The second-order valence-corrected chi connectivity index (χ2v) is 5.27. The Labute approximate surface area is 141 Å². The van der Waals surface area contributed by atoms with Gasteiger partial charge in [0.25, 0.3) is 5.91 Å². The van der Waals surface area contributed by atoms with Crippen molar-refractivity contribution in [1.82, 2.24) is 15.1 Å². The number of hydrogen-bond acceptors (Lipinski definition) is 4. The van der Waals surface area contributed by atoms with Crippen LogP contribution in [0.4, 0.5) is 13.2 Å². The second-order valence-electron chi connectivity index (χ2n) is 5.27. The van der Waals surface area contributed by atoms with Crippen LogP contribution in [-0.4, -0.2) is 47.2 Å². The number of nitrogens with zero attached hydrogens (tertiary/aromatic N) is 2. The normalized spacial score (nSPS) is 11.2. The summed E-state index contributed by atoms with van der Waals surface area (Å²) in [6, 6.07) is 8.38. The van der Waals surface area contributed by atoms with Gasteiger partial charge in [0.2, 0.25) is 0 Å². The lowest BCUT2D eigenvalue weighted by Crippen LogP contribution is -2.33. The van der Waals surface area contributed by atoms with Gasteiger partial charge in [-0.1, -0.05) is 18.2 Å². The highest BCUT2D eigenvalue weighted by Gasteiger charge is 2.35. The number of aromatic nitrogens is 2. The Morgan fingerprint density at radius 3 is 2.56 bits per heavy atom. The monoisotopic (exact) mass is 355 g/mol. The number of carbonyl (C=O) groups is 2. The average Bonchev–Trinajstić information content (AvgIpc) is 3.03. The summed E-state index contributed by atoms with van der Waals surface area (Å²) in [5, 5.41) is 5.23. The Kier molecular flexibility index (Phi) is 5.79. The summed E-state index contributed by atoms with van der Waals surface area (Å²) < 4.78 is 42.9. The highest BCUT2D eigenvalue weighted by Crippen LogP contribution is 2.30. The van der Waals surface area contributed by atoms with Crippen LogP contribution in [-0.2, 0) is 22.1 Å². The van der Waals surface area contributed by atoms with Crippen LogP contribution in [0.3, 0.4) is 0 Å². The Hall–Kier alpha value is -2.84. The molecule has 1 aromatic carbocycles. The first kappa shape index (κ1) is 18.5. The van der Waals surface area contributed by atoms with Gasteiger partial charge in [0, 0.05) is 24.6 Å². The molecular weight excluding hydrogens is 339 g/mol. The highest BCUT2D eigenvalue weighted by atomic mass is 19.4. The summed E-state index contributed by atoms with van der Waals surface area (Å²) in [7, 11) is 1.44. The third kappa shape index (κ3) is 5.07. The molecule has 25 heavy (non-hydrogen) atoms. The zero-order chi connectivity index (χ0) is 18.4. The van der Waals surface area contributed by atoms with Crippen molar-refractivity contribution in [3.05, 3.63) is 53.3 Å². The number of rotatable bonds is 6. The van der Waals surface area contributed by atoms with Crippen molar-refractivity contribution in [3.63, 3.8) is 0 Å². The standard InChI is InChI=1S/C16H16F3N3O3/c1-22(15(24)11-5-3-2-4-6-11)10-13(23)25-8-7-12-9-20-21-14(12)16(17,18)19/h2-6,9H,7-8,10H2,1H3,(H,20,21). The summed E-state index contributed by atoms with van der Waals surface area (Å²) in [6.07, 6.45) is -3.63. The van der Waals surface area contributed by atoms with E-state index in [0.29, 0.717) is 5.56 Å². The molecule has 0 aliphatic carbocycles.